The summed E-state index contributed by atoms with van der Waals surface area (Å²) in [5.74, 6) is 0.263. The molecule has 2 N–H and O–H groups in total. The van der Waals surface area contributed by atoms with Gasteiger partial charge in [0.25, 0.3) is 5.91 Å². The Hall–Kier alpha value is -2.62. The molecule has 0 aliphatic carbocycles. The van der Waals surface area contributed by atoms with Gasteiger partial charge in [-0.1, -0.05) is 37.3 Å². The summed E-state index contributed by atoms with van der Waals surface area (Å²) in [7, 11) is 0. The van der Waals surface area contributed by atoms with Crippen LogP contribution in [0.3, 0.4) is 0 Å². The second-order valence-electron chi connectivity index (χ2n) is 5.80. The third kappa shape index (κ3) is 3.42. The first-order valence-electron chi connectivity index (χ1n) is 7.93. The lowest BCUT2D eigenvalue weighted by atomic mass is 9.86. The summed E-state index contributed by atoms with van der Waals surface area (Å²) in [5.41, 5.74) is 3.83. The van der Waals surface area contributed by atoms with E-state index in [2.05, 4.69) is 16.7 Å². The number of benzene rings is 2. The number of carbonyl (C=O) groups excluding carboxylic acids is 2. The Kier molecular flexibility index (Phi) is 4.42. The van der Waals surface area contributed by atoms with Crippen LogP contribution in [0.4, 0.5) is 5.69 Å². The van der Waals surface area contributed by atoms with Gasteiger partial charge in [-0.05, 0) is 35.7 Å². The molecule has 1 aliphatic heterocycles. The van der Waals surface area contributed by atoms with Crippen LogP contribution in [0.5, 0.6) is 0 Å². The normalized spacial score (nSPS) is 16.4. The molecule has 0 aromatic heterocycles. The summed E-state index contributed by atoms with van der Waals surface area (Å²) >= 11 is 0. The van der Waals surface area contributed by atoms with Gasteiger partial charge in [0.15, 0.2) is 0 Å². The van der Waals surface area contributed by atoms with Crippen LogP contribution in [0.25, 0.3) is 0 Å². The maximum Gasteiger partial charge on any atom is 0.251 e. The Bertz CT molecular complexity index is 740. The highest BCUT2D eigenvalue weighted by molar-refractivity contribution is 5.97. The monoisotopic (exact) mass is 308 g/mol. The van der Waals surface area contributed by atoms with Crippen LogP contribution in [0, 0.1) is 0 Å². The number of hydrogen-bond acceptors (Lipinski definition) is 2. The number of hydrogen-bond donors (Lipinski definition) is 2. The predicted molar refractivity (Wildman–Crippen MR) is 90.6 cm³/mol. The van der Waals surface area contributed by atoms with Crippen molar-refractivity contribution in [3.63, 3.8) is 0 Å². The molecular formula is C19H20N2O2. The zero-order valence-corrected chi connectivity index (χ0v) is 13.1. The van der Waals surface area contributed by atoms with E-state index in [4.69, 9.17) is 0 Å². The molecule has 3 rings (SSSR count). The van der Waals surface area contributed by atoms with Crippen molar-refractivity contribution in [2.45, 2.75) is 25.7 Å². The van der Waals surface area contributed by atoms with Crippen molar-refractivity contribution < 1.29 is 9.59 Å². The lowest BCUT2D eigenvalue weighted by Crippen LogP contribution is -2.35. The summed E-state index contributed by atoms with van der Waals surface area (Å²) in [6, 6.07) is 15.7. The number of rotatable bonds is 4. The van der Waals surface area contributed by atoms with Crippen LogP contribution < -0.4 is 10.6 Å². The molecule has 1 aliphatic rings. The fraction of sp³-hybridized carbons (Fsp3) is 0.263. The quantitative estimate of drug-likeness (QED) is 0.912. The molecule has 0 saturated heterocycles. The first-order valence-corrected chi connectivity index (χ1v) is 7.93. The second-order valence-corrected chi connectivity index (χ2v) is 5.80. The number of amides is 2. The van der Waals surface area contributed by atoms with Crippen molar-refractivity contribution in [2.75, 3.05) is 11.9 Å². The van der Waals surface area contributed by atoms with Crippen molar-refractivity contribution in [3.05, 3.63) is 65.2 Å². The minimum absolute atomic E-state index is 0.000750. The van der Waals surface area contributed by atoms with Gasteiger partial charge in [0.1, 0.15) is 0 Å². The lowest BCUT2D eigenvalue weighted by molar-refractivity contribution is -0.115. The Labute approximate surface area is 135 Å². The van der Waals surface area contributed by atoms with Crippen LogP contribution in [0.1, 0.15) is 40.7 Å². The molecule has 0 fully saturated rings. The van der Waals surface area contributed by atoms with E-state index in [9.17, 15) is 9.59 Å². The van der Waals surface area contributed by atoms with Gasteiger partial charge >= 0.3 is 0 Å². The molecule has 1 atom stereocenters. The van der Waals surface area contributed by atoms with E-state index in [0.29, 0.717) is 13.0 Å². The van der Waals surface area contributed by atoms with Gasteiger partial charge in [-0.2, -0.15) is 0 Å². The highest BCUT2D eigenvalue weighted by Crippen LogP contribution is 2.27. The highest BCUT2D eigenvalue weighted by Gasteiger charge is 2.24. The Balaban J connectivity index is 1.80. The zero-order chi connectivity index (χ0) is 16.2. The Morgan fingerprint density at radius 1 is 1.22 bits per heavy atom. The highest BCUT2D eigenvalue weighted by atomic mass is 16.2. The third-order valence-electron chi connectivity index (χ3n) is 4.17. The van der Waals surface area contributed by atoms with Gasteiger partial charge < -0.3 is 10.6 Å². The number of carbonyl (C=O) groups is 2. The van der Waals surface area contributed by atoms with E-state index in [0.717, 1.165) is 28.8 Å². The van der Waals surface area contributed by atoms with Crippen molar-refractivity contribution in [3.8, 4) is 0 Å². The predicted octanol–water partition coefficient (Wildman–Crippen LogP) is 3.10. The van der Waals surface area contributed by atoms with Gasteiger partial charge in [0, 0.05) is 30.1 Å². The average Bonchev–Trinajstić information content (AvgIpc) is 2.58. The Morgan fingerprint density at radius 2 is 2.04 bits per heavy atom. The van der Waals surface area contributed by atoms with Crippen molar-refractivity contribution >= 4 is 17.5 Å². The average molecular weight is 308 g/mol. The number of anilines is 1. The molecule has 2 amide bonds. The number of fused-ring (bicyclic) bond motifs is 1. The molecule has 2 aromatic carbocycles. The van der Waals surface area contributed by atoms with E-state index < -0.39 is 0 Å². The number of nitrogens with one attached hydrogen (secondary N) is 2. The van der Waals surface area contributed by atoms with Gasteiger partial charge in [-0.25, -0.2) is 0 Å². The molecule has 0 radical (unpaired) electrons. The lowest BCUT2D eigenvalue weighted by Gasteiger charge is -2.26. The topological polar surface area (TPSA) is 58.2 Å². The molecule has 4 nitrogen and oxygen atoms in total. The van der Waals surface area contributed by atoms with Crippen molar-refractivity contribution in [1.82, 2.24) is 5.32 Å². The smallest absolute Gasteiger partial charge is 0.251 e. The van der Waals surface area contributed by atoms with Gasteiger partial charge in [0.2, 0.25) is 5.91 Å². The summed E-state index contributed by atoms with van der Waals surface area (Å²) < 4.78 is 0. The summed E-state index contributed by atoms with van der Waals surface area (Å²) in [6.45, 7) is 2.47. The molecule has 0 bridgehead atoms. The fourth-order valence-electron chi connectivity index (χ4n) is 2.97. The largest absolute Gasteiger partial charge is 0.351 e. The van der Waals surface area contributed by atoms with Gasteiger partial charge in [-0.3, -0.25) is 9.59 Å². The van der Waals surface area contributed by atoms with Crippen molar-refractivity contribution in [1.29, 1.82) is 0 Å². The minimum Gasteiger partial charge on any atom is -0.351 e. The van der Waals surface area contributed by atoms with Gasteiger partial charge in [-0.15, -0.1) is 0 Å². The second kappa shape index (κ2) is 6.65. The van der Waals surface area contributed by atoms with E-state index in [-0.39, 0.29) is 17.7 Å². The third-order valence-corrected chi connectivity index (χ3v) is 4.17. The zero-order valence-electron chi connectivity index (χ0n) is 13.1. The summed E-state index contributed by atoms with van der Waals surface area (Å²) in [4.78, 5) is 23.5. The minimum atomic E-state index is 0.000750. The summed E-state index contributed by atoms with van der Waals surface area (Å²) in [5, 5.41) is 5.84. The molecule has 0 spiro atoms. The molecule has 2 aromatic rings. The first-order chi connectivity index (χ1) is 11.2. The van der Waals surface area contributed by atoms with Crippen LogP contribution in [-0.2, 0) is 11.2 Å². The van der Waals surface area contributed by atoms with E-state index in [1.807, 2.05) is 49.4 Å². The first kappa shape index (κ1) is 15.3. The molecule has 4 heteroatoms. The van der Waals surface area contributed by atoms with Crippen LogP contribution in [0.2, 0.25) is 0 Å². The van der Waals surface area contributed by atoms with E-state index in [1.165, 1.54) is 0 Å². The fourth-order valence-corrected chi connectivity index (χ4v) is 2.97. The molecule has 118 valence electrons. The van der Waals surface area contributed by atoms with Gasteiger partial charge in [0.05, 0.1) is 0 Å². The maximum absolute atomic E-state index is 11.9. The summed E-state index contributed by atoms with van der Waals surface area (Å²) in [6.07, 6.45) is 1.29. The van der Waals surface area contributed by atoms with Crippen LogP contribution in [0.15, 0.2) is 48.5 Å². The van der Waals surface area contributed by atoms with Crippen molar-refractivity contribution in [2.24, 2.45) is 0 Å². The molecule has 23 heavy (non-hydrogen) atoms. The van der Waals surface area contributed by atoms with Crippen LogP contribution in [-0.4, -0.2) is 18.4 Å². The SMILES string of the molecule is CCC(=O)Nc1cccc(CC2CNC(=O)c3ccccc32)c1. The Morgan fingerprint density at radius 3 is 2.87 bits per heavy atom. The van der Waals surface area contributed by atoms with E-state index in [1.54, 1.807) is 0 Å². The molecule has 0 saturated carbocycles. The maximum atomic E-state index is 11.9. The molecular weight excluding hydrogens is 288 g/mol. The standard InChI is InChI=1S/C19H20N2O2/c1-2-18(22)21-15-7-5-6-13(11-15)10-14-12-20-19(23)17-9-4-3-8-16(14)17/h3-9,11,14H,2,10,12H2,1H3,(H,20,23)(H,21,22). The molecule has 1 heterocycles. The molecule has 1 unspecified atom stereocenters. The van der Waals surface area contributed by atoms with Crippen LogP contribution >= 0.6 is 0 Å². The van der Waals surface area contributed by atoms with E-state index >= 15 is 0 Å².